The summed E-state index contributed by atoms with van der Waals surface area (Å²) in [4.78, 5) is 11.9. The van der Waals surface area contributed by atoms with Gasteiger partial charge in [-0.2, -0.15) is 0 Å². The van der Waals surface area contributed by atoms with Crippen molar-refractivity contribution in [1.29, 1.82) is 0 Å². The summed E-state index contributed by atoms with van der Waals surface area (Å²) in [6.45, 7) is 3.16. The number of rotatable bonds is 9. The largest absolute Gasteiger partial charge is 0.465 e. The van der Waals surface area contributed by atoms with Crippen molar-refractivity contribution in [3.8, 4) is 22.5 Å². The van der Waals surface area contributed by atoms with Crippen molar-refractivity contribution in [2.75, 3.05) is 12.4 Å². The molecule has 37 heavy (non-hydrogen) atoms. The van der Waals surface area contributed by atoms with Gasteiger partial charge in [0.05, 0.1) is 19.2 Å². The monoisotopic (exact) mass is 511 g/mol. The van der Waals surface area contributed by atoms with Gasteiger partial charge in [-0.3, -0.25) is 0 Å². The van der Waals surface area contributed by atoms with Crippen LogP contribution in [0, 0.1) is 0 Å². The molecule has 3 aromatic carbocycles. The number of anilines is 1. The quantitative estimate of drug-likeness (QED) is 0.279. The number of hydrogen-bond acceptors (Lipinski definition) is 9. The first-order chi connectivity index (χ1) is 18.1. The van der Waals surface area contributed by atoms with Crippen molar-refractivity contribution >= 4 is 22.4 Å². The molecule has 0 aliphatic rings. The molecule has 0 radical (unpaired) electrons. The van der Waals surface area contributed by atoms with Crippen LogP contribution < -0.4 is 5.32 Å². The minimum absolute atomic E-state index is 0.378. The zero-order valence-corrected chi connectivity index (χ0v) is 21.3. The van der Waals surface area contributed by atoms with Gasteiger partial charge in [0.25, 0.3) is 0 Å². The van der Waals surface area contributed by atoms with Gasteiger partial charge in [-0.25, -0.2) is 9.48 Å². The van der Waals surface area contributed by atoms with Crippen LogP contribution >= 0.6 is 11.3 Å². The topological polar surface area (TPSA) is 108 Å². The normalized spacial score (nSPS) is 10.9. The lowest BCUT2D eigenvalue weighted by Crippen LogP contribution is -2.07. The van der Waals surface area contributed by atoms with Crippen molar-refractivity contribution in [2.24, 2.45) is 0 Å². The lowest BCUT2D eigenvalue weighted by molar-refractivity contribution is 0.0600. The summed E-state index contributed by atoms with van der Waals surface area (Å²) in [6.07, 6.45) is 0.886. The summed E-state index contributed by atoms with van der Waals surface area (Å²) in [5, 5.41) is 26.0. The van der Waals surface area contributed by atoms with Gasteiger partial charge in [-0.05, 0) is 51.2 Å². The number of aromatic nitrogens is 6. The van der Waals surface area contributed by atoms with E-state index in [-0.39, 0.29) is 5.97 Å². The summed E-state index contributed by atoms with van der Waals surface area (Å²) in [6, 6.07) is 23.7. The summed E-state index contributed by atoms with van der Waals surface area (Å²) in [5.41, 5.74) is 5.53. The Morgan fingerprint density at radius 3 is 2.51 bits per heavy atom. The number of nitrogens with zero attached hydrogens (tertiary/aromatic N) is 6. The summed E-state index contributed by atoms with van der Waals surface area (Å²) in [5.74, 6) is 0.268. The number of aryl methyl sites for hydroxylation is 1. The Kier molecular flexibility index (Phi) is 7.27. The summed E-state index contributed by atoms with van der Waals surface area (Å²) < 4.78 is 6.58. The molecule has 0 atom stereocenters. The maximum atomic E-state index is 11.9. The molecule has 0 saturated heterocycles. The number of carbonyl (C=O) groups is 1. The molecule has 0 aliphatic heterocycles. The van der Waals surface area contributed by atoms with Crippen molar-refractivity contribution in [2.45, 2.75) is 26.4 Å². The van der Waals surface area contributed by atoms with E-state index >= 15 is 0 Å². The van der Waals surface area contributed by atoms with Crippen LogP contribution in [-0.2, 0) is 24.2 Å². The van der Waals surface area contributed by atoms with E-state index in [9.17, 15) is 4.79 Å². The number of esters is 1. The molecule has 0 fully saturated rings. The third kappa shape index (κ3) is 5.54. The Hall–Kier alpha value is -4.44. The molecule has 2 heterocycles. The van der Waals surface area contributed by atoms with Gasteiger partial charge in [-0.15, -0.1) is 15.3 Å². The zero-order chi connectivity index (χ0) is 25.6. The van der Waals surface area contributed by atoms with Crippen LogP contribution in [0.3, 0.4) is 0 Å². The molecule has 186 valence electrons. The highest BCUT2D eigenvalue weighted by Crippen LogP contribution is 2.31. The fourth-order valence-corrected chi connectivity index (χ4v) is 4.64. The lowest BCUT2D eigenvalue weighted by atomic mass is 9.98. The minimum atomic E-state index is -0.378. The molecular formula is C27H25N7O2S. The molecular weight excluding hydrogens is 486 g/mol. The zero-order valence-electron chi connectivity index (χ0n) is 20.5. The van der Waals surface area contributed by atoms with E-state index in [2.05, 4.69) is 68.3 Å². The molecule has 9 nitrogen and oxygen atoms in total. The number of benzene rings is 3. The van der Waals surface area contributed by atoms with Gasteiger partial charge in [0.2, 0.25) is 5.13 Å². The van der Waals surface area contributed by atoms with Crippen LogP contribution in [0.5, 0.6) is 0 Å². The fraction of sp³-hybridized carbons (Fsp3) is 0.185. The van der Waals surface area contributed by atoms with Crippen LogP contribution in [0.4, 0.5) is 5.13 Å². The van der Waals surface area contributed by atoms with Crippen LogP contribution in [0.2, 0.25) is 0 Å². The van der Waals surface area contributed by atoms with E-state index < -0.39 is 0 Å². The first-order valence-electron chi connectivity index (χ1n) is 11.8. The van der Waals surface area contributed by atoms with E-state index in [0.717, 1.165) is 44.4 Å². The smallest absolute Gasteiger partial charge is 0.337 e. The summed E-state index contributed by atoms with van der Waals surface area (Å²) in [7, 11) is 1.37. The Bertz CT molecular complexity index is 1510. The van der Waals surface area contributed by atoms with Crippen LogP contribution in [-0.4, -0.2) is 43.5 Å². The second-order valence-corrected chi connectivity index (χ2v) is 9.36. The van der Waals surface area contributed by atoms with E-state index in [0.29, 0.717) is 24.5 Å². The van der Waals surface area contributed by atoms with Crippen molar-refractivity contribution in [1.82, 2.24) is 30.4 Å². The molecule has 1 N–H and O–H groups in total. The molecule has 10 heteroatoms. The summed E-state index contributed by atoms with van der Waals surface area (Å²) >= 11 is 1.58. The third-order valence-electron chi connectivity index (χ3n) is 5.86. The predicted octanol–water partition coefficient (Wildman–Crippen LogP) is 4.87. The fourth-order valence-electron chi connectivity index (χ4n) is 3.97. The molecule has 0 spiro atoms. The first-order valence-corrected chi connectivity index (χ1v) is 12.6. The average Bonchev–Trinajstić information content (AvgIpc) is 3.61. The molecule has 0 aliphatic carbocycles. The predicted molar refractivity (Wildman–Crippen MR) is 142 cm³/mol. The van der Waals surface area contributed by atoms with E-state index in [1.807, 2.05) is 30.3 Å². The lowest BCUT2D eigenvalue weighted by Gasteiger charge is -2.11. The van der Waals surface area contributed by atoms with Gasteiger partial charge in [0, 0.05) is 12.1 Å². The molecule has 0 unspecified atom stereocenters. The maximum absolute atomic E-state index is 11.9. The van der Waals surface area contributed by atoms with Gasteiger partial charge in [-0.1, -0.05) is 78.9 Å². The van der Waals surface area contributed by atoms with E-state index in [4.69, 9.17) is 4.74 Å². The number of tetrazole rings is 1. The SMILES string of the molecule is CCc1nnc(NCc2ccc(-c3ccccc3-c3nnnn3Cc3cccc(C(=O)OC)c3)cc2)s1. The van der Waals surface area contributed by atoms with Crippen molar-refractivity contribution in [3.63, 3.8) is 0 Å². The van der Waals surface area contributed by atoms with Gasteiger partial charge >= 0.3 is 5.97 Å². The molecule has 0 bridgehead atoms. The minimum Gasteiger partial charge on any atom is -0.465 e. The van der Waals surface area contributed by atoms with Crippen molar-refractivity contribution < 1.29 is 9.53 Å². The molecule has 5 rings (SSSR count). The number of ether oxygens (including phenoxy) is 1. The highest BCUT2D eigenvalue weighted by atomic mass is 32.1. The molecule has 0 amide bonds. The number of nitrogens with one attached hydrogen (secondary N) is 1. The van der Waals surface area contributed by atoms with E-state index in [1.54, 1.807) is 28.2 Å². The average molecular weight is 512 g/mol. The molecule has 0 saturated carbocycles. The van der Waals surface area contributed by atoms with Gasteiger partial charge < -0.3 is 10.1 Å². The Morgan fingerprint density at radius 2 is 1.76 bits per heavy atom. The maximum Gasteiger partial charge on any atom is 0.337 e. The molecule has 5 aromatic rings. The second kappa shape index (κ2) is 11.1. The Balaban J connectivity index is 1.36. The molecule has 2 aromatic heterocycles. The van der Waals surface area contributed by atoms with Crippen molar-refractivity contribution in [3.05, 3.63) is 94.5 Å². The highest BCUT2D eigenvalue weighted by molar-refractivity contribution is 7.15. The second-order valence-electron chi connectivity index (χ2n) is 8.30. The number of hydrogen-bond donors (Lipinski definition) is 1. The van der Waals surface area contributed by atoms with Crippen LogP contribution in [0.25, 0.3) is 22.5 Å². The Morgan fingerprint density at radius 1 is 0.946 bits per heavy atom. The van der Waals surface area contributed by atoms with Crippen LogP contribution in [0.15, 0.2) is 72.8 Å². The highest BCUT2D eigenvalue weighted by Gasteiger charge is 2.15. The van der Waals surface area contributed by atoms with Crippen LogP contribution in [0.1, 0.15) is 33.4 Å². The number of carbonyl (C=O) groups excluding carboxylic acids is 1. The standard InChI is InChI=1S/C27H25N7O2S/c1-3-24-29-31-27(37-24)28-16-18-11-13-20(14-12-18)22-9-4-5-10-23(22)25-30-32-33-34(25)17-19-7-6-8-21(15-19)26(35)36-2/h4-15H,3,16-17H2,1-2H3,(H,28,31). The van der Waals surface area contributed by atoms with E-state index in [1.165, 1.54) is 7.11 Å². The Labute approximate surface area is 218 Å². The number of methoxy groups -OCH3 is 1. The van der Waals surface area contributed by atoms with Gasteiger partial charge in [0.1, 0.15) is 5.01 Å². The van der Waals surface area contributed by atoms with Gasteiger partial charge in [0.15, 0.2) is 5.82 Å². The first kappa shape index (κ1) is 24.3. The third-order valence-corrected chi connectivity index (χ3v) is 6.88.